The average molecular weight is 367 g/mol. The van der Waals surface area contributed by atoms with Crippen LogP contribution in [-0.2, 0) is 0 Å². The predicted octanol–water partition coefficient (Wildman–Crippen LogP) is 1.03. The normalized spacial score (nSPS) is 12.5. The Hall–Kier alpha value is -3.90. The number of nitro benzene ring substituents is 1. The molecule has 0 saturated carbocycles. The second-order valence-electron chi connectivity index (χ2n) is 5.56. The molecular formula is C15H13N9O3. The van der Waals surface area contributed by atoms with Crippen LogP contribution in [0.3, 0.4) is 0 Å². The number of nitrogens with two attached hydrogens (primary N) is 2. The Labute approximate surface area is 151 Å². The number of aromatic nitrogens is 4. The van der Waals surface area contributed by atoms with Crippen LogP contribution < -0.4 is 27.3 Å². The number of non-ortho nitro benzene ring substituents is 1. The van der Waals surface area contributed by atoms with E-state index >= 15 is 0 Å². The van der Waals surface area contributed by atoms with E-state index in [1.807, 2.05) is 0 Å². The summed E-state index contributed by atoms with van der Waals surface area (Å²) < 4.78 is 5.76. The van der Waals surface area contributed by atoms with Gasteiger partial charge in [-0.2, -0.15) is 0 Å². The fourth-order valence-corrected chi connectivity index (χ4v) is 3.06. The fourth-order valence-electron chi connectivity index (χ4n) is 3.06. The summed E-state index contributed by atoms with van der Waals surface area (Å²) in [6, 6.07) is 6.17. The molecule has 6 N–H and O–H groups in total. The topological polar surface area (TPSA) is 180 Å². The average Bonchev–Trinajstić information content (AvgIpc) is 2.71. The van der Waals surface area contributed by atoms with Gasteiger partial charge in [0.2, 0.25) is 11.8 Å². The van der Waals surface area contributed by atoms with Gasteiger partial charge in [0.1, 0.15) is 12.7 Å². The number of ether oxygens (including phenoxy) is 1. The Balaban J connectivity index is 2.03. The van der Waals surface area contributed by atoms with Gasteiger partial charge in [-0.1, -0.05) is 12.1 Å². The summed E-state index contributed by atoms with van der Waals surface area (Å²) in [5.74, 6) is 11.7. The van der Waals surface area contributed by atoms with Crippen LogP contribution in [0.5, 0.6) is 11.8 Å². The molecule has 0 aliphatic carbocycles. The highest BCUT2D eigenvalue weighted by Crippen LogP contribution is 2.49. The van der Waals surface area contributed by atoms with Crippen molar-refractivity contribution in [3.63, 3.8) is 0 Å². The lowest BCUT2D eigenvalue weighted by Gasteiger charge is -2.28. The Morgan fingerprint density at radius 2 is 1.59 bits per heavy atom. The number of nitro groups is 1. The van der Waals surface area contributed by atoms with Gasteiger partial charge < -0.3 is 15.6 Å². The van der Waals surface area contributed by atoms with Crippen molar-refractivity contribution in [1.82, 2.24) is 19.9 Å². The van der Waals surface area contributed by atoms with Crippen molar-refractivity contribution in [2.45, 2.75) is 5.92 Å². The zero-order valence-electron chi connectivity index (χ0n) is 13.7. The number of benzene rings is 1. The molecule has 12 heteroatoms. The van der Waals surface area contributed by atoms with Gasteiger partial charge in [-0.15, -0.1) is 0 Å². The quantitative estimate of drug-likeness (QED) is 0.230. The Bertz CT molecular complexity index is 989. The predicted molar refractivity (Wildman–Crippen MR) is 93.8 cm³/mol. The molecule has 12 nitrogen and oxygen atoms in total. The molecule has 0 spiro atoms. The molecule has 2 aromatic heterocycles. The number of hydrogen-bond donors (Lipinski definition) is 4. The summed E-state index contributed by atoms with van der Waals surface area (Å²) in [6.07, 6.45) is 2.57. The minimum absolute atomic E-state index is 0.0692. The Morgan fingerprint density at radius 3 is 2.11 bits per heavy atom. The number of nitrogen functional groups attached to an aromatic ring is 2. The van der Waals surface area contributed by atoms with Crippen LogP contribution in [0.4, 0.5) is 17.3 Å². The number of fused-ring (bicyclic) bond motifs is 2. The van der Waals surface area contributed by atoms with E-state index < -0.39 is 10.8 Å². The van der Waals surface area contributed by atoms with Gasteiger partial charge in [0.15, 0.2) is 11.6 Å². The number of nitrogens with one attached hydrogen (secondary N) is 2. The zero-order valence-corrected chi connectivity index (χ0v) is 13.7. The van der Waals surface area contributed by atoms with E-state index in [4.69, 9.17) is 16.4 Å². The lowest BCUT2D eigenvalue weighted by molar-refractivity contribution is -0.384. The van der Waals surface area contributed by atoms with Crippen molar-refractivity contribution >= 4 is 17.3 Å². The molecule has 0 atom stereocenters. The molecule has 3 aromatic rings. The molecule has 0 fully saturated rings. The molecular weight excluding hydrogens is 354 g/mol. The van der Waals surface area contributed by atoms with E-state index in [9.17, 15) is 10.1 Å². The van der Waals surface area contributed by atoms with Crippen LogP contribution in [-0.4, -0.2) is 24.9 Å². The van der Waals surface area contributed by atoms with Crippen LogP contribution >= 0.6 is 0 Å². The smallest absolute Gasteiger partial charge is 0.269 e. The highest BCUT2D eigenvalue weighted by molar-refractivity contribution is 5.67. The van der Waals surface area contributed by atoms with Crippen LogP contribution in [0.1, 0.15) is 22.6 Å². The molecule has 0 radical (unpaired) electrons. The Kier molecular flexibility index (Phi) is 3.95. The first-order valence-corrected chi connectivity index (χ1v) is 7.69. The lowest BCUT2D eigenvalue weighted by atomic mass is 9.84. The lowest BCUT2D eigenvalue weighted by Crippen LogP contribution is -2.22. The third-order valence-corrected chi connectivity index (χ3v) is 4.15. The SMILES string of the molecule is NNc1ncnc2c1C(c1cccc([N+](=O)[O-])c1)c1c(NN)ncnc1O2. The molecule has 0 bridgehead atoms. The maximum atomic E-state index is 11.2. The largest absolute Gasteiger partial charge is 0.420 e. The summed E-state index contributed by atoms with van der Waals surface area (Å²) in [7, 11) is 0. The van der Waals surface area contributed by atoms with Gasteiger partial charge in [-0.05, 0) is 5.56 Å². The van der Waals surface area contributed by atoms with E-state index in [-0.39, 0.29) is 17.4 Å². The molecule has 0 saturated heterocycles. The highest BCUT2D eigenvalue weighted by Gasteiger charge is 2.36. The second-order valence-corrected chi connectivity index (χ2v) is 5.56. The summed E-state index contributed by atoms with van der Waals surface area (Å²) in [5.41, 5.74) is 6.48. The van der Waals surface area contributed by atoms with Crippen molar-refractivity contribution < 1.29 is 9.66 Å². The third kappa shape index (κ3) is 2.65. The van der Waals surface area contributed by atoms with Gasteiger partial charge in [-0.25, -0.2) is 31.6 Å². The van der Waals surface area contributed by atoms with E-state index in [2.05, 4.69) is 30.8 Å². The van der Waals surface area contributed by atoms with Gasteiger partial charge >= 0.3 is 0 Å². The van der Waals surface area contributed by atoms with E-state index in [1.54, 1.807) is 12.1 Å². The molecule has 1 aliphatic heterocycles. The van der Waals surface area contributed by atoms with E-state index in [1.165, 1.54) is 24.8 Å². The Morgan fingerprint density at radius 1 is 1.00 bits per heavy atom. The van der Waals surface area contributed by atoms with Crippen molar-refractivity contribution in [2.24, 2.45) is 11.7 Å². The van der Waals surface area contributed by atoms with Crippen molar-refractivity contribution in [3.05, 3.63) is 63.7 Å². The van der Waals surface area contributed by atoms with Crippen LogP contribution in [0.25, 0.3) is 0 Å². The summed E-state index contributed by atoms with van der Waals surface area (Å²) in [5, 5.41) is 11.2. The van der Waals surface area contributed by atoms with Crippen LogP contribution in [0, 0.1) is 10.1 Å². The summed E-state index contributed by atoms with van der Waals surface area (Å²) in [4.78, 5) is 27.3. The molecule has 0 amide bonds. The maximum Gasteiger partial charge on any atom is 0.269 e. The molecule has 0 unspecified atom stereocenters. The number of rotatable bonds is 4. The maximum absolute atomic E-state index is 11.2. The van der Waals surface area contributed by atoms with Gasteiger partial charge in [0, 0.05) is 12.1 Å². The molecule has 136 valence electrons. The first kappa shape index (κ1) is 16.6. The van der Waals surface area contributed by atoms with Crippen molar-refractivity contribution in [3.8, 4) is 11.8 Å². The highest BCUT2D eigenvalue weighted by atomic mass is 16.6. The van der Waals surface area contributed by atoms with E-state index in [0.717, 1.165) is 0 Å². The number of hydrogen-bond acceptors (Lipinski definition) is 11. The molecule has 1 aliphatic rings. The fraction of sp³-hybridized carbons (Fsp3) is 0.0667. The monoisotopic (exact) mass is 367 g/mol. The molecule has 27 heavy (non-hydrogen) atoms. The van der Waals surface area contributed by atoms with E-state index in [0.29, 0.717) is 28.3 Å². The second kappa shape index (κ2) is 6.44. The molecule has 3 heterocycles. The number of nitrogens with zero attached hydrogens (tertiary/aromatic N) is 5. The first-order valence-electron chi connectivity index (χ1n) is 7.69. The van der Waals surface area contributed by atoms with Crippen molar-refractivity contribution in [2.75, 3.05) is 10.9 Å². The zero-order chi connectivity index (χ0) is 19.0. The standard InChI is InChI=1S/C15H13N9O3/c16-22-12-10-9(7-2-1-3-8(4-7)24(25)26)11-13(23-17)19-6-21-15(11)27-14(10)20-5-18-12/h1-6,9H,16-17H2,(H,18,20,22)(H,19,21,23). The number of anilines is 2. The summed E-state index contributed by atoms with van der Waals surface area (Å²) in [6.45, 7) is 0. The van der Waals surface area contributed by atoms with Crippen LogP contribution in [0.2, 0.25) is 0 Å². The molecule has 1 aromatic carbocycles. The number of hydrazine groups is 2. The molecule has 4 rings (SSSR count). The first-order chi connectivity index (χ1) is 13.1. The van der Waals surface area contributed by atoms with Gasteiger partial charge in [0.25, 0.3) is 5.69 Å². The third-order valence-electron chi connectivity index (χ3n) is 4.15. The van der Waals surface area contributed by atoms with Crippen LogP contribution in [0.15, 0.2) is 36.9 Å². The summed E-state index contributed by atoms with van der Waals surface area (Å²) >= 11 is 0. The van der Waals surface area contributed by atoms with Gasteiger partial charge in [0.05, 0.1) is 22.0 Å². The van der Waals surface area contributed by atoms with Gasteiger partial charge in [-0.3, -0.25) is 10.1 Å². The minimum Gasteiger partial charge on any atom is -0.420 e. The minimum atomic E-state index is -0.608. The van der Waals surface area contributed by atoms with Crippen molar-refractivity contribution in [1.29, 1.82) is 0 Å².